The molecule has 0 aliphatic carbocycles. The summed E-state index contributed by atoms with van der Waals surface area (Å²) in [7, 11) is 0. The van der Waals surface area contributed by atoms with Crippen molar-refractivity contribution in [3.63, 3.8) is 0 Å². The standard InChI is InChI=1S/C9H7N2.C2H5.Y/c1-7-4-5-8-3-2-6-10-9(8)11-7;1-2;/h2-6H,1H2;1H2,2H3;/q2*-1;. The molecule has 2 aromatic heterocycles. The van der Waals surface area contributed by atoms with Gasteiger partial charge >= 0.3 is 0 Å². The summed E-state index contributed by atoms with van der Waals surface area (Å²) in [5, 5.41) is 1.06. The molecule has 14 heavy (non-hydrogen) atoms. The Morgan fingerprint density at radius 1 is 1.14 bits per heavy atom. The first-order valence-electron chi connectivity index (χ1n) is 4.11. The fourth-order valence-electron chi connectivity index (χ4n) is 0.992. The fourth-order valence-corrected chi connectivity index (χ4v) is 0.992. The second kappa shape index (κ2) is 6.91. The Hall–Kier alpha value is -0.466. The number of hydrogen-bond acceptors (Lipinski definition) is 2. The van der Waals surface area contributed by atoms with Crippen molar-refractivity contribution in [2.75, 3.05) is 0 Å². The molecule has 1 radical (unpaired) electrons. The monoisotopic (exact) mass is 261 g/mol. The van der Waals surface area contributed by atoms with Gasteiger partial charge in [-0.05, 0) is 6.07 Å². The molecule has 2 heterocycles. The van der Waals surface area contributed by atoms with Crippen LogP contribution in [0.2, 0.25) is 0 Å². The van der Waals surface area contributed by atoms with Crippen LogP contribution in [-0.4, -0.2) is 9.97 Å². The minimum Gasteiger partial charge on any atom is -0.346 e. The summed E-state index contributed by atoms with van der Waals surface area (Å²) < 4.78 is 0. The van der Waals surface area contributed by atoms with E-state index in [9.17, 15) is 0 Å². The molecule has 2 nitrogen and oxygen atoms in total. The van der Waals surface area contributed by atoms with E-state index in [1.807, 2.05) is 24.3 Å². The van der Waals surface area contributed by atoms with E-state index in [1.54, 1.807) is 13.1 Å². The number of aromatic nitrogens is 2. The smallest absolute Gasteiger partial charge is 0.155 e. The third kappa shape index (κ3) is 3.35. The van der Waals surface area contributed by atoms with E-state index in [2.05, 4.69) is 23.8 Å². The van der Waals surface area contributed by atoms with Crippen LogP contribution in [-0.2, 0) is 32.7 Å². The molecule has 0 N–H and O–H groups in total. The van der Waals surface area contributed by atoms with Gasteiger partial charge in [0.2, 0.25) is 0 Å². The normalized spacial score (nSPS) is 8.43. The van der Waals surface area contributed by atoms with Gasteiger partial charge in [-0.3, -0.25) is 4.98 Å². The number of rotatable bonds is 0. The predicted octanol–water partition coefficient (Wildman–Crippen LogP) is 2.65. The van der Waals surface area contributed by atoms with Gasteiger partial charge in [0.1, 0.15) is 0 Å². The molecule has 0 unspecified atom stereocenters. The zero-order valence-corrected chi connectivity index (χ0v) is 11.1. The van der Waals surface area contributed by atoms with Gasteiger partial charge in [0.15, 0.2) is 5.65 Å². The second-order valence-corrected chi connectivity index (χ2v) is 2.35. The van der Waals surface area contributed by atoms with Crippen LogP contribution in [0, 0.1) is 13.8 Å². The first kappa shape index (κ1) is 13.5. The van der Waals surface area contributed by atoms with E-state index in [1.165, 1.54) is 0 Å². The molecule has 2 aromatic rings. The minimum atomic E-state index is 0. The molecule has 0 bridgehead atoms. The molecule has 0 saturated carbocycles. The largest absolute Gasteiger partial charge is 0.346 e. The van der Waals surface area contributed by atoms with Crippen LogP contribution in [0.5, 0.6) is 0 Å². The number of nitrogens with zero attached hydrogens (tertiary/aromatic N) is 2. The predicted molar refractivity (Wildman–Crippen MR) is 55.0 cm³/mol. The molecule has 0 aliphatic rings. The van der Waals surface area contributed by atoms with Crippen molar-refractivity contribution < 1.29 is 32.7 Å². The van der Waals surface area contributed by atoms with Crippen LogP contribution in [0.4, 0.5) is 0 Å². The molecule has 0 atom stereocenters. The van der Waals surface area contributed by atoms with Gasteiger partial charge in [0.05, 0.1) is 0 Å². The van der Waals surface area contributed by atoms with Crippen molar-refractivity contribution in [1.29, 1.82) is 0 Å². The fraction of sp³-hybridized carbons (Fsp3) is 0.0909. The molecule has 3 heteroatoms. The molecule has 0 spiro atoms. The summed E-state index contributed by atoms with van der Waals surface area (Å²) in [5.74, 6) is 0. The van der Waals surface area contributed by atoms with Crippen molar-refractivity contribution >= 4 is 11.0 Å². The summed E-state index contributed by atoms with van der Waals surface area (Å²) in [6, 6.07) is 7.73. The Kier molecular flexibility index (Phi) is 6.68. The SMILES string of the molecule is [CH2-]C.[CH2-]c1ccc2cccnc2n1.[Y]. The Labute approximate surface area is 110 Å². The molecular formula is C11H12N2Y-2. The summed E-state index contributed by atoms with van der Waals surface area (Å²) in [5.41, 5.74) is 1.52. The Balaban J connectivity index is 0.000000531. The first-order valence-corrected chi connectivity index (χ1v) is 4.11. The van der Waals surface area contributed by atoms with Crippen molar-refractivity contribution in [2.24, 2.45) is 0 Å². The van der Waals surface area contributed by atoms with Gasteiger partial charge < -0.3 is 6.92 Å². The van der Waals surface area contributed by atoms with Gasteiger partial charge in [0, 0.05) is 44.3 Å². The van der Waals surface area contributed by atoms with Crippen LogP contribution >= 0.6 is 0 Å². The molecule has 0 saturated heterocycles. The van der Waals surface area contributed by atoms with Crippen LogP contribution in [0.3, 0.4) is 0 Å². The Bertz CT molecular complexity index is 388. The number of fused-ring (bicyclic) bond motifs is 1. The maximum absolute atomic E-state index is 4.15. The zero-order valence-electron chi connectivity index (χ0n) is 8.27. The van der Waals surface area contributed by atoms with Crippen LogP contribution in [0.1, 0.15) is 12.6 Å². The van der Waals surface area contributed by atoms with E-state index in [-0.39, 0.29) is 32.7 Å². The average molecular weight is 261 g/mol. The van der Waals surface area contributed by atoms with E-state index >= 15 is 0 Å². The summed E-state index contributed by atoms with van der Waals surface area (Å²) in [6.45, 7) is 8.72. The molecular weight excluding hydrogens is 249 g/mol. The van der Waals surface area contributed by atoms with E-state index in [0.29, 0.717) is 0 Å². The Morgan fingerprint density at radius 3 is 2.57 bits per heavy atom. The molecule has 0 fully saturated rings. The minimum absolute atomic E-state index is 0. The maximum Gasteiger partial charge on any atom is 0.155 e. The second-order valence-electron chi connectivity index (χ2n) is 2.35. The van der Waals surface area contributed by atoms with Gasteiger partial charge in [-0.15, -0.1) is 11.8 Å². The van der Waals surface area contributed by atoms with Gasteiger partial charge in [-0.25, -0.2) is 11.9 Å². The van der Waals surface area contributed by atoms with Gasteiger partial charge in [-0.1, -0.05) is 6.07 Å². The molecule has 2 rings (SSSR count). The van der Waals surface area contributed by atoms with Crippen LogP contribution < -0.4 is 0 Å². The summed E-state index contributed by atoms with van der Waals surface area (Å²) in [6.07, 6.45) is 1.73. The third-order valence-corrected chi connectivity index (χ3v) is 1.52. The van der Waals surface area contributed by atoms with E-state index in [4.69, 9.17) is 0 Å². The van der Waals surface area contributed by atoms with Gasteiger partial charge in [0.25, 0.3) is 0 Å². The number of hydrogen-bond donors (Lipinski definition) is 0. The summed E-state index contributed by atoms with van der Waals surface area (Å²) in [4.78, 5) is 8.24. The molecule has 0 aromatic carbocycles. The molecule has 0 amide bonds. The van der Waals surface area contributed by atoms with Crippen molar-refractivity contribution in [3.05, 3.63) is 50.0 Å². The van der Waals surface area contributed by atoms with Crippen molar-refractivity contribution in [1.82, 2.24) is 9.97 Å². The first-order chi connectivity index (χ1) is 6.36. The third-order valence-electron chi connectivity index (χ3n) is 1.52. The number of pyridine rings is 2. The quantitative estimate of drug-likeness (QED) is 0.681. The van der Waals surface area contributed by atoms with E-state index in [0.717, 1.165) is 16.7 Å². The molecule has 0 aliphatic heterocycles. The average Bonchev–Trinajstić information content (AvgIpc) is 2.21. The van der Waals surface area contributed by atoms with Crippen LogP contribution in [0.15, 0.2) is 30.5 Å². The van der Waals surface area contributed by atoms with Crippen molar-refractivity contribution in [2.45, 2.75) is 6.92 Å². The molecule has 71 valence electrons. The van der Waals surface area contributed by atoms with Gasteiger partial charge in [-0.2, -0.15) is 13.0 Å². The van der Waals surface area contributed by atoms with Crippen molar-refractivity contribution in [3.8, 4) is 0 Å². The van der Waals surface area contributed by atoms with E-state index < -0.39 is 0 Å². The zero-order chi connectivity index (χ0) is 9.68. The summed E-state index contributed by atoms with van der Waals surface area (Å²) >= 11 is 0. The topological polar surface area (TPSA) is 25.8 Å². The Morgan fingerprint density at radius 2 is 1.86 bits per heavy atom. The maximum atomic E-state index is 4.15. The van der Waals surface area contributed by atoms with Crippen LogP contribution in [0.25, 0.3) is 11.0 Å².